The maximum Gasteiger partial charge on any atom is 0.0374 e. The lowest BCUT2D eigenvalue weighted by Gasteiger charge is -2.40. The van der Waals surface area contributed by atoms with Crippen LogP contribution in [0.15, 0.2) is 59.9 Å². The van der Waals surface area contributed by atoms with E-state index >= 15 is 0 Å². The molecule has 1 aliphatic heterocycles. The SMILES string of the molecule is C1=CCC(NC2C=CCC3C2C2CCCCC2N3C2=CC=C(C3CC=CCC3)CC2)CC1. The Morgan fingerprint density at radius 3 is 2.41 bits per heavy atom. The van der Waals surface area contributed by atoms with Gasteiger partial charge in [-0.05, 0) is 88.5 Å². The van der Waals surface area contributed by atoms with Gasteiger partial charge in [0.2, 0.25) is 0 Å². The molecule has 0 spiro atoms. The maximum absolute atomic E-state index is 4.13. The standard InChI is InChI=1S/C30H42N2/c1-3-10-22(11-4-1)23-18-20-25(21-19-23)32-28-16-8-7-14-26(28)30-27(15-9-17-29(30)32)31-24-12-5-2-6-13-24/h1-3,5,9,15,18,20,22,24,26-31H,4,6-8,10-14,16-17,19,21H2. The fraction of sp³-hybridized carbons (Fsp3) is 0.667. The number of likely N-dealkylation sites (tertiary alicyclic amines) is 1. The van der Waals surface area contributed by atoms with Crippen LogP contribution in [0.2, 0.25) is 0 Å². The summed E-state index contributed by atoms with van der Waals surface area (Å²) in [7, 11) is 0. The van der Waals surface area contributed by atoms with Gasteiger partial charge in [0.25, 0.3) is 0 Å². The van der Waals surface area contributed by atoms with Crippen LogP contribution in [0.5, 0.6) is 0 Å². The molecular weight excluding hydrogens is 388 g/mol. The Bertz CT molecular complexity index is 830. The lowest BCUT2D eigenvalue weighted by Crippen LogP contribution is -2.49. The highest BCUT2D eigenvalue weighted by molar-refractivity contribution is 5.29. The third-order valence-electron chi connectivity index (χ3n) is 9.55. The first-order chi connectivity index (χ1) is 15.9. The van der Waals surface area contributed by atoms with Gasteiger partial charge in [0.05, 0.1) is 0 Å². The highest BCUT2D eigenvalue weighted by atomic mass is 15.3. The van der Waals surface area contributed by atoms with Crippen molar-refractivity contribution >= 4 is 0 Å². The molecule has 1 saturated heterocycles. The fourth-order valence-corrected chi connectivity index (χ4v) is 8.06. The molecule has 1 heterocycles. The van der Waals surface area contributed by atoms with Crippen molar-refractivity contribution in [2.24, 2.45) is 17.8 Å². The molecule has 0 amide bonds. The quantitative estimate of drug-likeness (QED) is 0.492. The molecular formula is C30H42N2. The Balaban J connectivity index is 1.24. The molecule has 32 heavy (non-hydrogen) atoms. The van der Waals surface area contributed by atoms with Crippen LogP contribution in [0, 0.1) is 17.8 Å². The van der Waals surface area contributed by atoms with E-state index in [1.807, 2.05) is 0 Å². The summed E-state index contributed by atoms with van der Waals surface area (Å²) < 4.78 is 0. The zero-order chi connectivity index (χ0) is 21.3. The molecule has 1 saturated carbocycles. The average Bonchev–Trinajstić information content (AvgIpc) is 3.21. The first kappa shape index (κ1) is 21.0. The molecule has 0 aromatic rings. The van der Waals surface area contributed by atoms with Crippen molar-refractivity contribution in [2.75, 3.05) is 0 Å². The molecule has 0 radical (unpaired) electrons. The largest absolute Gasteiger partial charge is 0.368 e. The molecule has 0 aromatic carbocycles. The molecule has 1 N–H and O–H groups in total. The van der Waals surface area contributed by atoms with E-state index in [2.05, 4.69) is 58.8 Å². The minimum absolute atomic E-state index is 0.574. The summed E-state index contributed by atoms with van der Waals surface area (Å²) in [5, 5.41) is 4.13. The summed E-state index contributed by atoms with van der Waals surface area (Å²) in [5.41, 5.74) is 3.39. The van der Waals surface area contributed by atoms with Crippen LogP contribution in [-0.4, -0.2) is 29.1 Å². The molecule has 5 aliphatic carbocycles. The molecule has 2 nitrogen and oxygen atoms in total. The second kappa shape index (κ2) is 9.37. The van der Waals surface area contributed by atoms with Gasteiger partial charge in [0.1, 0.15) is 0 Å². The molecule has 7 atom stereocenters. The van der Waals surface area contributed by atoms with Gasteiger partial charge in [0.15, 0.2) is 0 Å². The fourth-order valence-electron chi connectivity index (χ4n) is 8.06. The highest BCUT2D eigenvalue weighted by Crippen LogP contribution is 2.50. The Kier molecular flexibility index (Phi) is 6.16. The summed E-state index contributed by atoms with van der Waals surface area (Å²) >= 11 is 0. The van der Waals surface area contributed by atoms with E-state index < -0.39 is 0 Å². The molecule has 0 bridgehead atoms. The van der Waals surface area contributed by atoms with Crippen molar-refractivity contribution in [3.63, 3.8) is 0 Å². The van der Waals surface area contributed by atoms with Gasteiger partial charge < -0.3 is 10.2 Å². The van der Waals surface area contributed by atoms with Gasteiger partial charge in [-0.15, -0.1) is 0 Å². The Morgan fingerprint density at radius 2 is 1.62 bits per heavy atom. The third kappa shape index (κ3) is 3.98. The highest BCUT2D eigenvalue weighted by Gasteiger charge is 2.52. The minimum Gasteiger partial charge on any atom is -0.368 e. The topological polar surface area (TPSA) is 15.3 Å². The number of fused-ring (bicyclic) bond motifs is 3. The lowest BCUT2D eigenvalue weighted by molar-refractivity contribution is 0.188. The second-order valence-electron chi connectivity index (χ2n) is 11.3. The van der Waals surface area contributed by atoms with Crippen LogP contribution >= 0.6 is 0 Å². The Hall–Kier alpha value is -1.54. The number of hydrogen-bond acceptors (Lipinski definition) is 2. The molecule has 6 aliphatic rings. The Labute approximate surface area is 195 Å². The van der Waals surface area contributed by atoms with Crippen molar-refractivity contribution in [3.8, 4) is 0 Å². The van der Waals surface area contributed by atoms with Crippen molar-refractivity contribution in [2.45, 2.75) is 108 Å². The minimum atomic E-state index is 0.574. The summed E-state index contributed by atoms with van der Waals surface area (Å²) in [5.74, 6) is 2.48. The summed E-state index contributed by atoms with van der Waals surface area (Å²) in [6, 6.07) is 2.75. The number of nitrogens with zero attached hydrogens (tertiary/aromatic N) is 1. The van der Waals surface area contributed by atoms with E-state index in [-0.39, 0.29) is 0 Å². The van der Waals surface area contributed by atoms with Crippen LogP contribution in [0.4, 0.5) is 0 Å². The molecule has 7 unspecified atom stereocenters. The van der Waals surface area contributed by atoms with Crippen molar-refractivity contribution in [1.82, 2.24) is 10.2 Å². The van der Waals surface area contributed by atoms with Crippen molar-refractivity contribution in [3.05, 3.63) is 59.9 Å². The summed E-state index contributed by atoms with van der Waals surface area (Å²) in [6.07, 6.45) is 36.9. The monoisotopic (exact) mass is 430 g/mol. The smallest absolute Gasteiger partial charge is 0.0374 e. The number of rotatable bonds is 4. The van der Waals surface area contributed by atoms with Gasteiger partial charge in [-0.1, -0.05) is 60.9 Å². The normalized spacial score (nSPS) is 41.1. The molecule has 172 valence electrons. The van der Waals surface area contributed by atoms with E-state index in [0.717, 1.165) is 23.8 Å². The zero-order valence-corrected chi connectivity index (χ0v) is 19.8. The van der Waals surface area contributed by atoms with Gasteiger partial charge in [-0.25, -0.2) is 0 Å². The molecule has 2 fully saturated rings. The maximum atomic E-state index is 4.13. The van der Waals surface area contributed by atoms with Gasteiger partial charge >= 0.3 is 0 Å². The summed E-state index contributed by atoms with van der Waals surface area (Å²) in [6.45, 7) is 0. The van der Waals surface area contributed by atoms with Crippen LogP contribution in [-0.2, 0) is 0 Å². The van der Waals surface area contributed by atoms with E-state index in [4.69, 9.17) is 0 Å². The number of allylic oxidation sites excluding steroid dienone is 7. The first-order valence-corrected chi connectivity index (χ1v) is 13.8. The molecule has 2 heteroatoms. The number of nitrogens with one attached hydrogen (secondary N) is 1. The van der Waals surface area contributed by atoms with E-state index in [0.29, 0.717) is 18.1 Å². The van der Waals surface area contributed by atoms with E-state index in [1.54, 1.807) is 11.3 Å². The van der Waals surface area contributed by atoms with Gasteiger partial charge in [-0.3, -0.25) is 0 Å². The Morgan fingerprint density at radius 1 is 0.750 bits per heavy atom. The molecule has 6 rings (SSSR count). The van der Waals surface area contributed by atoms with Crippen molar-refractivity contribution in [1.29, 1.82) is 0 Å². The average molecular weight is 431 g/mol. The predicted molar refractivity (Wildman–Crippen MR) is 134 cm³/mol. The van der Waals surface area contributed by atoms with Crippen LogP contribution in [0.1, 0.15) is 83.5 Å². The molecule has 0 aromatic heterocycles. The van der Waals surface area contributed by atoms with E-state index in [9.17, 15) is 0 Å². The summed E-state index contributed by atoms with van der Waals surface area (Å²) in [4.78, 5) is 2.97. The van der Waals surface area contributed by atoms with E-state index in [1.165, 1.54) is 83.5 Å². The number of hydrogen-bond donors (Lipinski definition) is 1. The van der Waals surface area contributed by atoms with Crippen molar-refractivity contribution < 1.29 is 0 Å². The predicted octanol–water partition coefficient (Wildman–Crippen LogP) is 6.83. The van der Waals surface area contributed by atoms with Gasteiger partial charge in [0, 0.05) is 35.8 Å². The zero-order valence-electron chi connectivity index (χ0n) is 19.8. The van der Waals surface area contributed by atoms with Crippen LogP contribution in [0.3, 0.4) is 0 Å². The van der Waals surface area contributed by atoms with Crippen LogP contribution < -0.4 is 5.32 Å². The van der Waals surface area contributed by atoms with Gasteiger partial charge in [-0.2, -0.15) is 0 Å². The second-order valence-corrected chi connectivity index (χ2v) is 11.3. The first-order valence-electron chi connectivity index (χ1n) is 13.8. The lowest BCUT2D eigenvalue weighted by atomic mass is 9.72. The third-order valence-corrected chi connectivity index (χ3v) is 9.55. The van der Waals surface area contributed by atoms with Crippen LogP contribution in [0.25, 0.3) is 0 Å².